The first-order valence-electron chi connectivity index (χ1n) is 1.12. The standard InChI is InChI=1S/C2H3.CH5Si.Pt/c2*1-2;/h1H,2H2;1H2,2H3;/q2*-1;+2. The summed E-state index contributed by atoms with van der Waals surface area (Å²) >= 11 is 0. The third kappa shape index (κ3) is 78.1. The fourth-order valence-electron chi connectivity index (χ4n) is 0. The molecule has 0 aliphatic rings. The molecule has 0 unspecified atom stereocenters. The molecule has 0 saturated carbocycles. The van der Waals surface area contributed by atoms with E-state index in [0.717, 1.165) is 10.2 Å². The molecule has 0 saturated heterocycles. The van der Waals surface area contributed by atoms with Gasteiger partial charge in [0.2, 0.25) is 0 Å². The smallest absolute Gasteiger partial charge is 0.521 e. The van der Waals surface area contributed by atoms with Crippen molar-refractivity contribution in [2.75, 3.05) is 0 Å². The summed E-state index contributed by atoms with van der Waals surface area (Å²) in [6, 6.07) is 0. The van der Waals surface area contributed by atoms with Crippen LogP contribution in [-0.2, 0) is 21.1 Å². The molecule has 0 spiro atoms. The van der Waals surface area contributed by atoms with Crippen LogP contribution in [0.2, 0.25) is 0 Å². The molecule has 2 heteroatoms. The van der Waals surface area contributed by atoms with Crippen molar-refractivity contribution >= 4 is 10.2 Å². The van der Waals surface area contributed by atoms with E-state index in [1.807, 2.05) is 0 Å². The normalized spacial score (nSPS) is 2.60. The van der Waals surface area contributed by atoms with E-state index < -0.39 is 0 Å². The summed E-state index contributed by atoms with van der Waals surface area (Å²) in [5.74, 6) is 0. The largest absolute Gasteiger partial charge is 2.00 e. The Morgan fingerprint density at radius 2 is 1.40 bits per heavy atom. The third-order valence-corrected chi connectivity index (χ3v) is 0. The predicted octanol–water partition coefficient (Wildman–Crippen LogP) is -0.254. The second-order valence-corrected chi connectivity index (χ2v) is 0. The van der Waals surface area contributed by atoms with Crippen molar-refractivity contribution in [2.24, 2.45) is 0 Å². The molecule has 34 valence electrons. The maximum Gasteiger partial charge on any atom is 2.00 e. The molecule has 0 radical (unpaired) electrons. The number of hydrogen-bond acceptors (Lipinski definition) is 0. The average Bonchev–Trinajstić information content (AvgIpc) is 1.50. The number of hydrogen-bond donors (Lipinski definition) is 0. The van der Waals surface area contributed by atoms with Crippen LogP contribution < -0.4 is 0 Å². The summed E-state index contributed by atoms with van der Waals surface area (Å²) in [6.45, 7) is 10.4. The molecule has 0 atom stereocenters. The minimum Gasteiger partial charge on any atom is -0.521 e. The zero-order chi connectivity index (χ0) is 4.00. The molecular formula is C3H8PtSi. The maximum absolute atomic E-state index is 4.25. The van der Waals surface area contributed by atoms with Gasteiger partial charge in [0.15, 0.2) is 0 Å². The first-order valence-corrected chi connectivity index (χ1v) is 2.53. The van der Waals surface area contributed by atoms with Crippen LogP contribution >= 0.6 is 0 Å². The van der Waals surface area contributed by atoms with Crippen LogP contribution in [0.5, 0.6) is 0 Å². The van der Waals surface area contributed by atoms with Gasteiger partial charge < -0.3 is 13.1 Å². The van der Waals surface area contributed by atoms with Gasteiger partial charge in [-0.05, 0) is 0 Å². The molecular weight excluding hydrogens is 259 g/mol. The van der Waals surface area contributed by atoms with Crippen molar-refractivity contribution in [3.63, 3.8) is 0 Å². The third-order valence-electron chi connectivity index (χ3n) is 0. The van der Waals surface area contributed by atoms with E-state index in [4.69, 9.17) is 0 Å². The van der Waals surface area contributed by atoms with Crippen LogP contribution in [-0.4, -0.2) is 10.2 Å². The Morgan fingerprint density at radius 1 is 1.40 bits per heavy atom. The van der Waals surface area contributed by atoms with E-state index >= 15 is 0 Å². The summed E-state index contributed by atoms with van der Waals surface area (Å²) in [5, 5.41) is 0. The Kier molecular flexibility index (Phi) is 516. The molecule has 0 rings (SSSR count). The van der Waals surface area contributed by atoms with Gasteiger partial charge in [0.05, 0.1) is 0 Å². The van der Waals surface area contributed by atoms with Gasteiger partial charge in [-0.15, -0.1) is 10.2 Å². The second-order valence-electron chi connectivity index (χ2n) is 0. The average molecular weight is 267 g/mol. The molecule has 0 amide bonds. The summed E-state index contributed by atoms with van der Waals surface area (Å²) in [7, 11) is 1.06. The SMILES string of the molecule is [CH-]=C.[CH2-][SiH3].[Pt+2]. The summed E-state index contributed by atoms with van der Waals surface area (Å²) in [4.78, 5) is 0. The van der Waals surface area contributed by atoms with Crippen LogP contribution in [0, 0.1) is 13.1 Å². The van der Waals surface area contributed by atoms with E-state index in [1.54, 1.807) is 0 Å². The minimum absolute atomic E-state index is 0. The molecule has 0 bridgehead atoms. The Hall–Kier alpha value is 0.645. The van der Waals surface area contributed by atoms with Gasteiger partial charge in [0.1, 0.15) is 0 Å². The number of rotatable bonds is 0. The second kappa shape index (κ2) is 148. The molecule has 0 aliphatic carbocycles. The van der Waals surface area contributed by atoms with Crippen LogP contribution in [0.4, 0.5) is 0 Å². The molecule has 0 aliphatic heterocycles. The molecule has 0 N–H and O–H groups in total. The van der Waals surface area contributed by atoms with Gasteiger partial charge in [0, 0.05) is 0 Å². The van der Waals surface area contributed by atoms with Crippen LogP contribution in [0.3, 0.4) is 0 Å². The first-order chi connectivity index (χ1) is 2.00. The van der Waals surface area contributed by atoms with Crippen molar-refractivity contribution in [3.8, 4) is 0 Å². The van der Waals surface area contributed by atoms with Crippen LogP contribution in [0.1, 0.15) is 0 Å². The molecule has 0 heterocycles. The molecule has 0 aromatic heterocycles. The van der Waals surface area contributed by atoms with Crippen LogP contribution in [0.15, 0.2) is 6.58 Å². The van der Waals surface area contributed by atoms with Crippen molar-refractivity contribution in [1.29, 1.82) is 0 Å². The Labute approximate surface area is 51.3 Å². The van der Waals surface area contributed by atoms with E-state index in [1.165, 1.54) is 0 Å². The quantitative estimate of drug-likeness (QED) is 0.419. The van der Waals surface area contributed by atoms with Gasteiger partial charge in [0.25, 0.3) is 0 Å². The van der Waals surface area contributed by atoms with Crippen molar-refractivity contribution in [2.45, 2.75) is 0 Å². The Morgan fingerprint density at radius 3 is 1.40 bits per heavy atom. The van der Waals surface area contributed by atoms with Gasteiger partial charge >= 0.3 is 21.1 Å². The zero-order valence-electron chi connectivity index (χ0n) is 3.31. The molecule has 0 fully saturated rings. The fraction of sp³-hybridized carbons (Fsp3) is 0. The molecule has 0 aromatic carbocycles. The maximum atomic E-state index is 4.25. The van der Waals surface area contributed by atoms with E-state index in [0.29, 0.717) is 0 Å². The predicted molar refractivity (Wildman–Crippen MR) is 25.2 cm³/mol. The molecule has 5 heavy (non-hydrogen) atoms. The van der Waals surface area contributed by atoms with Crippen molar-refractivity contribution in [3.05, 3.63) is 19.7 Å². The van der Waals surface area contributed by atoms with E-state index in [2.05, 4.69) is 19.7 Å². The minimum atomic E-state index is 0. The van der Waals surface area contributed by atoms with Gasteiger partial charge in [-0.25, -0.2) is 0 Å². The first kappa shape index (κ1) is 17.4. The molecule has 0 aromatic rings. The Balaban J connectivity index is -0.0000000133. The summed E-state index contributed by atoms with van der Waals surface area (Å²) in [5.41, 5.74) is 0. The topological polar surface area (TPSA) is 0 Å². The fourth-order valence-corrected chi connectivity index (χ4v) is 0. The van der Waals surface area contributed by atoms with Crippen molar-refractivity contribution < 1.29 is 21.1 Å². The Bertz CT molecular complexity index is 6.85. The van der Waals surface area contributed by atoms with Gasteiger partial charge in [-0.2, -0.15) is 0 Å². The van der Waals surface area contributed by atoms with Crippen molar-refractivity contribution in [1.82, 2.24) is 0 Å². The zero-order valence-corrected chi connectivity index (χ0v) is 7.58. The van der Waals surface area contributed by atoms with Gasteiger partial charge in [-0.1, -0.05) is 0 Å². The molecule has 0 nitrogen and oxygen atoms in total. The van der Waals surface area contributed by atoms with E-state index in [9.17, 15) is 0 Å². The van der Waals surface area contributed by atoms with Gasteiger partial charge in [-0.3, -0.25) is 6.58 Å². The van der Waals surface area contributed by atoms with E-state index in [-0.39, 0.29) is 21.1 Å². The summed E-state index contributed by atoms with van der Waals surface area (Å²) in [6.07, 6.45) is 0. The van der Waals surface area contributed by atoms with Crippen LogP contribution in [0.25, 0.3) is 0 Å². The summed E-state index contributed by atoms with van der Waals surface area (Å²) < 4.78 is 0. The monoisotopic (exact) mass is 267 g/mol.